The van der Waals surface area contributed by atoms with Crippen molar-refractivity contribution in [1.29, 1.82) is 0 Å². The topological polar surface area (TPSA) is 24.5 Å². The minimum absolute atomic E-state index is 0.272. The highest BCUT2D eigenvalue weighted by atomic mass is 35.5. The third kappa shape index (κ3) is 2.76. The highest BCUT2D eigenvalue weighted by Crippen LogP contribution is 2.33. The molecule has 0 bridgehead atoms. The minimum Gasteiger partial charge on any atom is -0.495 e. The molecule has 18 heavy (non-hydrogen) atoms. The predicted octanol–water partition coefficient (Wildman–Crippen LogP) is 2.20. The van der Waals surface area contributed by atoms with Gasteiger partial charge in [0.15, 0.2) is 0 Å². The van der Waals surface area contributed by atoms with Crippen LogP contribution in [-0.4, -0.2) is 38.2 Å². The van der Waals surface area contributed by atoms with Gasteiger partial charge in [-0.1, -0.05) is 11.6 Å². The molecule has 0 radical (unpaired) electrons. The number of nitrogens with zero attached hydrogens (tertiary/aromatic N) is 1. The molecule has 0 amide bonds. The van der Waals surface area contributed by atoms with E-state index in [4.69, 9.17) is 16.3 Å². The van der Waals surface area contributed by atoms with Gasteiger partial charge in [0, 0.05) is 38.3 Å². The molecule has 5 heteroatoms. The Bertz CT molecular complexity index is 433. The molecule has 1 aromatic carbocycles. The average molecular weight is 273 g/mol. The number of hydrogen-bond acceptors (Lipinski definition) is 3. The summed E-state index contributed by atoms with van der Waals surface area (Å²) in [6.07, 6.45) is 0. The first-order valence-corrected chi connectivity index (χ1v) is 6.45. The third-order valence-electron chi connectivity index (χ3n) is 3.35. The SMILES string of the molecule is COc1c(Cl)cc(F)c(C)c1CN1CCNCC1. The summed E-state index contributed by atoms with van der Waals surface area (Å²) in [5, 5.41) is 3.63. The van der Waals surface area contributed by atoms with Gasteiger partial charge in [-0.3, -0.25) is 4.90 Å². The number of methoxy groups -OCH3 is 1. The highest BCUT2D eigenvalue weighted by molar-refractivity contribution is 6.32. The summed E-state index contributed by atoms with van der Waals surface area (Å²) in [5.74, 6) is 0.319. The van der Waals surface area contributed by atoms with Gasteiger partial charge in [0.2, 0.25) is 0 Å². The molecule has 1 heterocycles. The summed E-state index contributed by atoms with van der Waals surface area (Å²) in [6.45, 7) is 6.28. The molecule has 0 spiro atoms. The zero-order chi connectivity index (χ0) is 13.1. The van der Waals surface area contributed by atoms with Gasteiger partial charge in [-0.05, 0) is 18.6 Å². The maximum atomic E-state index is 13.7. The molecule has 0 saturated carbocycles. The smallest absolute Gasteiger partial charge is 0.142 e. The van der Waals surface area contributed by atoms with Crippen LogP contribution < -0.4 is 10.1 Å². The van der Waals surface area contributed by atoms with Gasteiger partial charge in [0.05, 0.1) is 12.1 Å². The van der Waals surface area contributed by atoms with Crippen LogP contribution in [0.4, 0.5) is 4.39 Å². The van der Waals surface area contributed by atoms with E-state index in [0.717, 1.165) is 31.7 Å². The Morgan fingerprint density at radius 2 is 2.11 bits per heavy atom. The number of ether oxygens (including phenoxy) is 1. The molecule has 1 saturated heterocycles. The van der Waals surface area contributed by atoms with E-state index in [-0.39, 0.29) is 5.82 Å². The molecule has 1 aromatic rings. The van der Waals surface area contributed by atoms with E-state index in [2.05, 4.69) is 10.2 Å². The highest BCUT2D eigenvalue weighted by Gasteiger charge is 2.19. The van der Waals surface area contributed by atoms with Crippen LogP contribution in [0.1, 0.15) is 11.1 Å². The van der Waals surface area contributed by atoms with Crippen molar-refractivity contribution in [2.45, 2.75) is 13.5 Å². The fraction of sp³-hybridized carbons (Fsp3) is 0.538. The Morgan fingerprint density at radius 1 is 1.44 bits per heavy atom. The molecular weight excluding hydrogens is 255 g/mol. The van der Waals surface area contributed by atoms with Gasteiger partial charge >= 0.3 is 0 Å². The quantitative estimate of drug-likeness (QED) is 0.913. The van der Waals surface area contributed by atoms with Gasteiger partial charge in [-0.25, -0.2) is 4.39 Å². The van der Waals surface area contributed by atoms with Crippen LogP contribution in [0.2, 0.25) is 5.02 Å². The van der Waals surface area contributed by atoms with Crippen LogP contribution in [0.15, 0.2) is 6.07 Å². The van der Waals surface area contributed by atoms with Crippen LogP contribution in [0, 0.1) is 12.7 Å². The van der Waals surface area contributed by atoms with E-state index < -0.39 is 0 Å². The van der Waals surface area contributed by atoms with Crippen molar-refractivity contribution >= 4 is 11.6 Å². The van der Waals surface area contributed by atoms with Crippen molar-refractivity contribution in [3.8, 4) is 5.75 Å². The maximum Gasteiger partial charge on any atom is 0.142 e. The second-order valence-corrected chi connectivity index (χ2v) is 4.91. The lowest BCUT2D eigenvalue weighted by Crippen LogP contribution is -2.43. The molecule has 0 unspecified atom stereocenters. The Balaban J connectivity index is 2.29. The molecule has 100 valence electrons. The van der Waals surface area contributed by atoms with E-state index in [9.17, 15) is 4.39 Å². The zero-order valence-electron chi connectivity index (χ0n) is 10.7. The lowest BCUT2D eigenvalue weighted by atomic mass is 10.1. The fourth-order valence-electron chi connectivity index (χ4n) is 2.25. The number of nitrogens with one attached hydrogen (secondary N) is 1. The molecule has 0 aliphatic carbocycles. The van der Waals surface area contributed by atoms with Crippen LogP contribution in [0.5, 0.6) is 5.75 Å². The number of halogens is 2. The molecule has 1 aliphatic rings. The molecule has 0 aromatic heterocycles. The second-order valence-electron chi connectivity index (χ2n) is 4.50. The molecule has 1 N–H and O–H groups in total. The maximum absolute atomic E-state index is 13.7. The summed E-state index contributed by atoms with van der Waals surface area (Å²) in [7, 11) is 1.57. The molecule has 1 aliphatic heterocycles. The van der Waals surface area contributed by atoms with Gasteiger partial charge in [-0.2, -0.15) is 0 Å². The Hall–Kier alpha value is -0.840. The molecule has 2 rings (SSSR count). The number of rotatable bonds is 3. The van der Waals surface area contributed by atoms with Crippen molar-refractivity contribution in [1.82, 2.24) is 10.2 Å². The number of piperazine rings is 1. The second kappa shape index (κ2) is 5.87. The zero-order valence-corrected chi connectivity index (χ0v) is 11.5. The third-order valence-corrected chi connectivity index (χ3v) is 3.63. The Kier molecular flexibility index (Phi) is 4.43. The minimum atomic E-state index is -0.272. The summed E-state index contributed by atoms with van der Waals surface area (Å²) in [4.78, 5) is 2.27. The van der Waals surface area contributed by atoms with Gasteiger partial charge in [0.1, 0.15) is 11.6 Å². The lowest BCUT2D eigenvalue weighted by Gasteiger charge is -2.28. The van der Waals surface area contributed by atoms with Crippen LogP contribution >= 0.6 is 11.6 Å². The standard InChI is InChI=1S/C13H18ClFN2O/c1-9-10(8-17-5-3-16-4-6-17)13(18-2)11(14)7-12(9)15/h7,16H,3-6,8H2,1-2H3. The summed E-state index contributed by atoms with van der Waals surface area (Å²) in [6, 6.07) is 1.32. The first-order valence-electron chi connectivity index (χ1n) is 6.08. The summed E-state index contributed by atoms with van der Waals surface area (Å²) < 4.78 is 19.1. The van der Waals surface area contributed by atoms with Crippen molar-refractivity contribution in [2.24, 2.45) is 0 Å². The van der Waals surface area contributed by atoms with Crippen molar-refractivity contribution < 1.29 is 9.13 Å². The summed E-state index contributed by atoms with van der Waals surface area (Å²) >= 11 is 6.03. The van der Waals surface area contributed by atoms with E-state index in [0.29, 0.717) is 22.9 Å². The van der Waals surface area contributed by atoms with Gasteiger partial charge in [-0.15, -0.1) is 0 Å². The Labute approximate surface area is 112 Å². The van der Waals surface area contributed by atoms with Crippen molar-refractivity contribution in [3.05, 3.63) is 28.0 Å². The number of benzene rings is 1. The first-order chi connectivity index (χ1) is 8.63. The lowest BCUT2D eigenvalue weighted by molar-refractivity contribution is 0.229. The normalized spacial score (nSPS) is 16.9. The molecular formula is C13H18ClFN2O. The number of hydrogen-bond donors (Lipinski definition) is 1. The van der Waals surface area contributed by atoms with E-state index >= 15 is 0 Å². The van der Waals surface area contributed by atoms with Gasteiger partial charge in [0.25, 0.3) is 0 Å². The summed E-state index contributed by atoms with van der Waals surface area (Å²) in [5.41, 5.74) is 1.47. The predicted molar refractivity (Wildman–Crippen MR) is 70.8 cm³/mol. The average Bonchev–Trinajstić information content (AvgIpc) is 2.37. The van der Waals surface area contributed by atoms with Gasteiger partial charge < -0.3 is 10.1 Å². The fourth-order valence-corrected chi connectivity index (χ4v) is 2.53. The monoisotopic (exact) mass is 272 g/mol. The van der Waals surface area contributed by atoms with E-state index in [1.807, 2.05) is 0 Å². The Morgan fingerprint density at radius 3 is 2.72 bits per heavy atom. The van der Waals surface area contributed by atoms with Crippen molar-refractivity contribution in [3.63, 3.8) is 0 Å². The van der Waals surface area contributed by atoms with Crippen LogP contribution in [0.25, 0.3) is 0 Å². The van der Waals surface area contributed by atoms with E-state index in [1.165, 1.54) is 6.07 Å². The molecule has 3 nitrogen and oxygen atoms in total. The van der Waals surface area contributed by atoms with Crippen LogP contribution in [0.3, 0.4) is 0 Å². The molecule has 1 fully saturated rings. The molecule has 0 atom stereocenters. The first kappa shape index (κ1) is 13.6. The van der Waals surface area contributed by atoms with Crippen LogP contribution in [-0.2, 0) is 6.54 Å². The largest absolute Gasteiger partial charge is 0.495 e. The van der Waals surface area contributed by atoms with Crippen molar-refractivity contribution in [2.75, 3.05) is 33.3 Å². The van der Waals surface area contributed by atoms with E-state index in [1.54, 1.807) is 14.0 Å².